The molecule has 2 rings (SSSR count). The molecular weight excluding hydrogens is 232 g/mol. The maximum atomic E-state index is 12.0. The van der Waals surface area contributed by atoms with Gasteiger partial charge in [-0.15, -0.1) is 0 Å². The van der Waals surface area contributed by atoms with Crippen LogP contribution < -0.4 is 5.32 Å². The summed E-state index contributed by atoms with van der Waals surface area (Å²) in [5.41, 5.74) is 0. The second-order valence-corrected chi connectivity index (χ2v) is 6.42. The Bertz CT molecular complexity index is 377. The Labute approximate surface area is 94.9 Å². The first kappa shape index (κ1) is 11.8. The number of nitrogens with one attached hydrogen (secondary N) is 1. The maximum absolute atomic E-state index is 12.0. The summed E-state index contributed by atoms with van der Waals surface area (Å²) < 4.78 is 28.2. The molecule has 2 atom stereocenters. The highest BCUT2D eigenvalue weighted by Crippen LogP contribution is 2.14. The molecule has 0 saturated carbocycles. The van der Waals surface area contributed by atoms with Gasteiger partial charge in [-0.1, -0.05) is 0 Å². The van der Waals surface area contributed by atoms with Crippen LogP contribution in [0, 0.1) is 0 Å². The summed E-state index contributed by atoms with van der Waals surface area (Å²) in [5.74, 6) is -0.201. The quantitative estimate of drug-likeness (QED) is 0.598. The summed E-state index contributed by atoms with van der Waals surface area (Å²) in [6.07, 6.45) is 0.0993. The molecule has 0 spiro atoms. The molecule has 2 unspecified atom stereocenters. The van der Waals surface area contributed by atoms with Crippen LogP contribution >= 0.6 is 0 Å². The summed E-state index contributed by atoms with van der Waals surface area (Å²) in [5, 5.41) is 2.76. The van der Waals surface area contributed by atoms with Crippen LogP contribution in [0.4, 0.5) is 0 Å². The molecule has 1 amide bonds. The molecule has 2 heterocycles. The van der Waals surface area contributed by atoms with Crippen molar-refractivity contribution in [1.82, 2.24) is 10.2 Å². The van der Waals surface area contributed by atoms with E-state index in [1.165, 1.54) is 0 Å². The van der Waals surface area contributed by atoms with Crippen LogP contribution in [0.15, 0.2) is 0 Å². The minimum atomic E-state index is -3.13. The first-order valence-electron chi connectivity index (χ1n) is 5.30. The minimum Gasteiger partial charge on any atom is -0.371 e. The van der Waals surface area contributed by atoms with Crippen molar-refractivity contribution < 1.29 is 17.9 Å². The number of sulfone groups is 1. The SMILES string of the molecule is CNC1CS(=O)(=O)CCN(CC2CO2)C1=O. The summed E-state index contributed by atoms with van der Waals surface area (Å²) in [6.45, 7) is 1.45. The fraction of sp³-hybridized carbons (Fsp3) is 0.889. The van der Waals surface area contributed by atoms with Crippen LogP contribution in [0.25, 0.3) is 0 Å². The largest absolute Gasteiger partial charge is 0.371 e. The lowest BCUT2D eigenvalue weighted by molar-refractivity contribution is -0.132. The van der Waals surface area contributed by atoms with Crippen molar-refractivity contribution in [3.63, 3.8) is 0 Å². The minimum absolute atomic E-state index is 0.0453. The maximum Gasteiger partial charge on any atom is 0.240 e. The Morgan fingerprint density at radius 1 is 1.56 bits per heavy atom. The second kappa shape index (κ2) is 4.31. The van der Waals surface area contributed by atoms with Gasteiger partial charge in [-0.3, -0.25) is 4.79 Å². The predicted octanol–water partition coefficient (Wildman–Crippen LogP) is -1.77. The predicted molar refractivity (Wildman–Crippen MR) is 57.8 cm³/mol. The number of hydrogen-bond acceptors (Lipinski definition) is 5. The topological polar surface area (TPSA) is 79.0 Å². The number of rotatable bonds is 3. The molecule has 0 aliphatic carbocycles. The van der Waals surface area contributed by atoms with Crippen LogP contribution in [0.3, 0.4) is 0 Å². The Kier molecular flexibility index (Phi) is 3.18. The molecule has 0 aromatic rings. The van der Waals surface area contributed by atoms with E-state index in [4.69, 9.17) is 4.74 Å². The summed E-state index contributed by atoms with van der Waals surface area (Å²) in [7, 11) is -1.52. The zero-order valence-corrected chi connectivity index (χ0v) is 10.00. The average molecular weight is 248 g/mol. The van der Waals surface area contributed by atoms with Crippen molar-refractivity contribution in [1.29, 1.82) is 0 Å². The van der Waals surface area contributed by atoms with Gasteiger partial charge in [0.05, 0.1) is 24.2 Å². The molecule has 92 valence electrons. The van der Waals surface area contributed by atoms with E-state index in [2.05, 4.69) is 5.32 Å². The van der Waals surface area contributed by atoms with Gasteiger partial charge in [0.1, 0.15) is 6.04 Å². The molecule has 0 bridgehead atoms. The van der Waals surface area contributed by atoms with E-state index in [1.807, 2.05) is 0 Å². The summed E-state index contributed by atoms with van der Waals surface area (Å²) >= 11 is 0. The van der Waals surface area contributed by atoms with Gasteiger partial charge >= 0.3 is 0 Å². The molecule has 7 heteroatoms. The van der Waals surface area contributed by atoms with Gasteiger partial charge in [0.2, 0.25) is 5.91 Å². The van der Waals surface area contributed by atoms with Crippen LogP contribution in [0.2, 0.25) is 0 Å². The Morgan fingerprint density at radius 3 is 2.81 bits per heavy atom. The van der Waals surface area contributed by atoms with Gasteiger partial charge in [0.15, 0.2) is 9.84 Å². The summed E-state index contributed by atoms with van der Waals surface area (Å²) in [4.78, 5) is 13.6. The lowest BCUT2D eigenvalue weighted by Crippen LogP contribution is -2.47. The third kappa shape index (κ3) is 2.72. The van der Waals surface area contributed by atoms with Gasteiger partial charge in [-0.05, 0) is 7.05 Å². The number of likely N-dealkylation sites (N-methyl/N-ethyl adjacent to an activating group) is 1. The Hall–Kier alpha value is -0.660. The average Bonchev–Trinajstić information content (AvgIpc) is 3.03. The number of amides is 1. The van der Waals surface area contributed by atoms with Gasteiger partial charge in [-0.25, -0.2) is 8.42 Å². The molecule has 0 aromatic carbocycles. The van der Waals surface area contributed by atoms with Crippen molar-refractivity contribution in [3.05, 3.63) is 0 Å². The van der Waals surface area contributed by atoms with E-state index in [0.29, 0.717) is 13.2 Å². The van der Waals surface area contributed by atoms with Gasteiger partial charge in [0.25, 0.3) is 0 Å². The molecule has 2 saturated heterocycles. The molecule has 2 aliphatic heterocycles. The third-order valence-electron chi connectivity index (χ3n) is 2.88. The van der Waals surface area contributed by atoms with Crippen molar-refractivity contribution in [2.24, 2.45) is 0 Å². The number of carbonyl (C=O) groups excluding carboxylic acids is 1. The number of nitrogens with zero attached hydrogens (tertiary/aromatic N) is 1. The smallest absolute Gasteiger partial charge is 0.240 e. The number of ether oxygens (including phenoxy) is 1. The van der Waals surface area contributed by atoms with Crippen LogP contribution in [-0.2, 0) is 19.4 Å². The number of epoxide rings is 1. The highest BCUT2D eigenvalue weighted by atomic mass is 32.2. The van der Waals surface area contributed by atoms with E-state index in [0.717, 1.165) is 0 Å². The van der Waals surface area contributed by atoms with E-state index in [-0.39, 0.29) is 30.1 Å². The Balaban J connectivity index is 2.10. The van der Waals surface area contributed by atoms with Crippen molar-refractivity contribution >= 4 is 15.7 Å². The van der Waals surface area contributed by atoms with Crippen LogP contribution in [-0.4, -0.2) is 69.6 Å². The zero-order valence-electron chi connectivity index (χ0n) is 9.18. The molecule has 0 aromatic heterocycles. The molecule has 1 N–H and O–H groups in total. The second-order valence-electron chi connectivity index (χ2n) is 4.20. The standard InChI is InChI=1S/C9H16N2O4S/c1-10-8-6-16(13,14)3-2-11(9(8)12)4-7-5-15-7/h7-8,10H,2-6H2,1H3. The molecule has 2 fully saturated rings. The highest BCUT2D eigenvalue weighted by Gasteiger charge is 2.35. The lowest BCUT2D eigenvalue weighted by Gasteiger charge is -2.22. The third-order valence-corrected chi connectivity index (χ3v) is 4.52. The van der Waals surface area contributed by atoms with Crippen LogP contribution in [0.1, 0.15) is 0 Å². The van der Waals surface area contributed by atoms with Crippen LogP contribution in [0.5, 0.6) is 0 Å². The highest BCUT2D eigenvalue weighted by molar-refractivity contribution is 7.91. The normalized spacial score (nSPS) is 33.6. The van der Waals surface area contributed by atoms with Crippen molar-refractivity contribution in [3.8, 4) is 0 Å². The molecular formula is C9H16N2O4S. The van der Waals surface area contributed by atoms with E-state index >= 15 is 0 Å². The fourth-order valence-electron chi connectivity index (χ4n) is 1.80. The van der Waals surface area contributed by atoms with Crippen molar-refractivity contribution in [2.45, 2.75) is 12.1 Å². The zero-order chi connectivity index (χ0) is 11.8. The first-order valence-corrected chi connectivity index (χ1v) is 7.12. The van der Waals surface area contributed by atoms with E-state index in [1.54, 1.807) is 11.9 Å². The molecule has 16 heavy (non-hydrogen) atoms. The fourth-order valence-corrected chi connectivity index (χ4v) is 3.28. The molecule has 6 nitrogen and oxygen atoms in total. The molecule has 0 radical (unpaired) electrons. The Morgan fingerprint density at radius 2 is 2.25 bits per heavy atom. The number of hydrogen-bond donors (Lipinski definition) is 1. The lowest BCUT2D eigenvalue weighted by atomic mass is 10.2. The monoisotopic (exact) mass is 248 g/mol. The van der Waals surface area contributed by atoms with E-state index in [9.17, 15) is 13.2 Å². The van der Waals surface area contributed by atoms with Gasteiger partial charge in [0, 0.05) is 13.1 Å². The van der Waals surface area contributed by atoms with Gasteiger partial charge in [-0.2, -0.15) is 0 Å². The number of carbonyl (C=O) groups is 1. The van der Waals surface area contributed by atoms with Crippen molar-refractivity contribution in [2.75, 3.05) is 38.2 Å². The van der Waals surface area contributed by atoms with E-state index < -0.39 is 15.9 Å². The summed E-state index contributed by atoms with van der Waals surface area (Å²) in [6, 6.07) is -0.619. The molecule has 2 aliphatic rings. The first-order chi connectivity index (χ1) is 7.52. The van der Waals surface area contributed by atoms with Gasteiger partial charge < -0.3 is 15.0 Å².